The largest absolute Gasteiger partial charge is 0.281 e. The lowest BCUT2D eigenvalue weighted by molar-refractivity contribution is -0.166. The van der Waals surface area contributed by atoms with Crippen LogP contribution in [0, 0.1) is 42.9 Å². The molecule has 4 aliphatic carbocycles. The molecule has 2 aromatic rings. The van der Waals surface area contributed by atoms with E-state index in [4.69, 9.17) is 0 Å². The van der Waals surface area contributed by atoms with E-state index in [1.54, 1.807) is 18.3 Å². The van der Waals surface area contributed by atoms with Crippen LogP contribution in [0.3, 0.4) is 0 Å². The first kappa shape index (κ1) is 18.3. The van der Waals surface area contributed by atoms with Crippen molar-refractivity contribution in [2.24, 2.45) is 22.2 Å². The van der Waals surface area contributed by atoms with Crippen molar-refractivity contribution in [2.75, 3.05) is 5.43 Å². The van der Waals surface area contributed by atoms with E-state index < -0.39 is 0 Å². The van der Waals surface area contributed by atoms with Gasteiger partial charge in [-0.05, 0) is 81.6 Å². The maximum absolute atomic E-state index is 13.6. The van der Waals surface area contributed by atoms with Gasteiger partial charge in [0, 0.05) is 4.88 Å². The predicted molar refractivity (Wildman–Crippen MR) is 112 cm³/mol. The van der Waals surface area contributed by atoms with Crippen LogP contribution in [0.5, 0.6) is 0 Å². The van der Waals surface area contributed by atoms with Gasteiger partial charge in [0.15, 0.2) is 0 Å². The van der Waals surface area contributed by atoms with Gasteiger partial charge < -0.3 is 0 Å². The Balaban J connectivity index is 1.55. The third kappa shape index (κ3) is 2.46. The van der Waals surface area contributed by atoms with E-state index in [1.165, 1.54) is 23.9 Å². The number of nitrogens with one attached hydrogen (secondary N) is 1. The maximum Gasteiger partial charge on any atom is 0.281 e. The molecule has 1 N–H and O–H groups in total. The van der Waals surface area contributed by atoms with Crippen molar-refractivity contribution in [1.29, 1.82) is 0 Å². The van der Waals surface area contributed by atoms with Crippen LogP contribution in [0.1, 0.15) is 68.6 Å². The Hall–Kier alpha value is -1.69. The van der Waals surface area contributed by atoms with E-state index >= 15 is 0 Å². The number of amides is 1. The zero-order chi connectivity index (χ0) is 20.1. The van der Waals surface area contributed by atoms with Gasteiger partial charge in [0.25, 0.3) is 5.56 Å². The number of nitrogens with zero attached hydrogens (tertiary/aromatic N) is 2. The van der Waals surface area contributed by atoms with Gasteiger partial charge >= 0.3 is 0 Å². The molecule has 6 rings (SSSR count). The van der Waals surface area contributed by atoms with Gasteiger partial charge in [0.05, 0.1) is 10.8 Å². The fourth-order valence-electron chi connectivity index (χ4n) is 7.45. The summed E-state index contributed by atoms with van der Waals surface area (Å²) in [5.41, 5.74) is 3.99. The number of aryl methyl sites for hydroxylation is 3. The molecule has 4 aliphatic rings. The van der Waals surface area contributed by atoms with Gasteiger partial charge in [-0.15, -0.1) is 11.3 Å². The molecular formula is C22H29N3O2S. The van der Waals surface area contributed by atoms with E-state index in [-0.39, 0.29) is 27.7 Å². The summed E-state index contributed by atoms with van der Waals surface area (Å²) >= 11 is 1.54. The number of thiophene rings is 1. The Morgan fingerprint density at radius 1 is 1.11 bits per heavy atom. The first-order valence-electron chi connectivity index (χ1n) is 10.3. The number of hydrogen-bond acceptors (Lipinski definition) is 4. The Morgan fingerprint density at radius 3 is 2.36 bits per heavy atom. The van der Waals surface area contributed by atoms with Crippen LogP contribution in [0.25, 0.3) is 10.2 Å². The molecular weight excluding hydrogens is 370 g/mol. The van der Waals surface area contributed by atoms with Crippen LogP contribution in [0.4, 0.5) is 0 Å². The fourth-order valence-corrected chi connectivity index (χ4v) is 8.51. The summed E-state index contributed by atoms with van der Waals surface area (Å²) < 4.78 is 1.40. The molecule has 0 saturated heterocycles. The average molecular weight is 400 g/mol. The molecule has 28 heavy (non-hydrogen) atoms. The summed E-state index contributed by atoms with van der Waals surface area (Å²) in [6.07, 6.45) is 6.57. The molecule has 4 bridgehead atoms. The second-order valence-corrected chi connectivity index (χ2v) is 11.8. The molecule has 0 unspecified atom stereocenters. The Kier molecular flexibility index (Phi) is 3.58. The maximum atomic E-state index is 13.6. The molecule has 0 radical (unpaired) electrons. The first-order chi connectivity index (χ1) is 13.0. The lowest BCUT2D eigenvalue weighted by atomic mass is 9.40. The lowest BCUT2D eigenvalue weighted by Crippen LogP contribution is -2.59. The van der Waals surface area contributed by atoms with Crippen LogP contribution >= 0.6 is 11.3 Å². The van der Waals surface area contributed by atoms with Crippen LogP contribution in [-0.4, -0.2) is 15.6 Å². The van der Waals surface area contributed by atoms with Crippen LogP contribution < -0.4 is 11.0 Å². The highest BCUT2D eigenvalue weighted by molar-refractivity contribution is 7.18. The summed E-state index contributed by atoms with van der Waals surface area (Å²) in [7, 11) is 0. The molecule has 2 heterocycles. The third-order valence-corrected chi connectivity index (χ3v) is 8.79. The van der Waals surface area contributed by atoms with Crippen molar-refractivity contribution in [2.45, 2.75) is 73.1 Å². The topological polar surface area (TPSA) is 64.0 Å². The highest BCUT2D eigenvalue weighted by Gasteiger charge is 2.62. The van der Waals surface area contributed by atoms with Crippen molar-refractivity contribution in [3.63, 3.8) is 0 Å². The Bertz CT molecular complexity index is 1060. The fraction of sp³-hybridized carbons (Fsp3) is 0.682. The zero-order valence-electron chi connectivity index (χ0n) is 17.4. The minimum absolute atomic E-state index is 0.0185. The molecule has 6 heteroatoms. The third-order valence-electron chi connectivity index (χ3n) is 7.69. The molecule has 1 amide bonds. The van der Waals surface area contributed by atoms with Crippen LogP contribution in [-0.2, 0) is 4.79 Å². The summed E-state index contributed by atoms with van der Waals surface area (Å²) in [6, 6.07) is 0. The van der Waals surface area contributed by atoms with Crippen molar-refractivity contribution in [3.8, 4) is 0 Å². The molecule has 2 aromatic heterocycles. The van der Waals surface area contributed by atoms with Crippen LogP contribution in [0.2, 0.25) is 0 Å². The average Bonchev–Trinajstić information content (AvgIpc) is 2.82. The summed E-state index contributed by atoms with van der Waals surface area (Å²) in [5, 5.41) is 0.637. The predicted octanol–water partition coefficient (Wildman–Crippen LogP) is 4.45. The van der Waals surface area contributed by atoms with Gasteiger partial charge in [0.2, 0.25) is 5.91 Å². The number of aromatic nitrogens is 2. The van der Waals surface area contributed by atoms with E-state index in [0.29, 0.717) is 17.1 Å². The van der Waals surface area contributed by atoms with E-state index in [1.807, 2.05) is 13.8 Å². The summed E-state index contributed by atoms with van der Waals surface area (Å²) in [4.78, 5) is 33.2. The normalized spacial score (nSPS) is 36.2. The monoisotopic (exact) mass is 399 g/mol. The molecule has 4 fully saturated rings. The quantitative estimate of drug-likeness (QED) is 0.811. The van der Waals surface area contributed by atoms with E-state index in [2.05, 4.69) is 24.3 Å². The number of rotatable bonds is 2. The number of fused-ring (bicyclic) bond motifs is 1. The van der Waals surface area contributed by atoms with Crippen molar-refractivity contribution < 1.29 is 4.79 Å². The lowest BCUT2D eigenvalue weighted by Gasteiger charge is -2.64. The Morgan fingerprint density at radius 2 is 1.75 bits per heavy atom. The second kappa shape index (κ2) is 5.47. The van der Waals surface area contributed by atoms with Gasteiger partial charge in [-0.3, -0.25) is 15.0 Å². The van der Waals surface area contributed by atoms with Gasteiger partial charge in [-0.25, -0.2) is 9.66 Å². The molecule has 2 atom stereocenters. The first-order valence-corrected chi connectivity index (χ1v) is 11.2. The SMILES string of the molecule is Cc1sc2nc(C)n(NC(=O)C34CC5C[C@](C)(C3)C[C@](C)(C5)C4)c(=O)c2c1C. The highest BCUT2D eigenvalue weighted by atomic mass is 32.1. The van der Waals surface area contributed by atoms with Crippen LogP contribution in [0.15, 0.2) is 4.79 Å². The van der Waals surface area contributed by atoms with Crippen molar-refractivity contribution in [3.05, 3.63) is 26.6 Å². The Labute approximate surface area is 169 Å². The summed E-state index contributed by atoms with van der Waals surface area (Å²) in [6.45, 7) is 10.5. The molecule has 0 aromatic carbocycles. The summed E-state index contributed by atoms with van der Waals surface area (Å²) in [5.74, 6) is 1.21. The van der Waals surface area contributed by atoms with E-state index in [0.717, 1.165) is 34.5 Å². The minimum atomic E-state index is -0.344. The van der Waals surface area contributed by atoms with Crippen molar-refractivity contribution >= 4 is 27.5 Å². The molecule has 4 saturated carbocycles. The van der Waals surface area contributed by atoms with Gasteiger partial charge in [-0.1, -0.05) is 13.8 Å². The minimum Gasteiger partial charge on any atom is -0.273 e. The van der Waals surface area contributed by atoms with Gasteiger partial charge in [0.1, 0.15) is 10.7 Å². The highest BCUT2D eigenvalue weighted by Crippen LogP contribution is 2.69. The number of carbonyl (C=O) groups is 1. The smallest absolute Gasteiger partial charge is 0.273 e. The second-order valence-electron chi connectivity index (χ2n) is 10.6. The molecule has 0 spiro atoms. The molecule has 5 nitrogen and oxygen atoms in total. The van der Waals surface area contributed by atoms with Crippen molar-refractivity contribution in [1.82, 2.24) is 9.66 Å². The molecule has 0 aliphatic heterocycles. The molecule has 150 valence electrons. The van der Waals surface area contributed by atoms with Gasteiger partial charge in [-0.2, -0.15) is 0 Å². The standard InChI is InChI=1S/C22H29N3O2S/c1-12-13(2)28-17-16(12)18(26)25(14(3)23-17)24-19(27)22-8-15-6-20(4,10-22)9-21(5,7-15)11-22/h15H,6-11H2,1-5H3,(H,24,27)/t15?,20-,21-,22?/m0/s1. The van der Waals surface area contributed by atoms with E-state index in [9.17, 15) is 9.59 Å². The number of carbonyl (C=O) groups excluding carboxylic acids is 1. The zero-order valence-corrected chi connectivity index (χ0v) is 18.3. The number of hydrogen-bond donors (Lipinski definition) is 1.